The first-order valence-electron chi connectivity index (χ1n) is 9.90. The normalized spacial score (nSPS) is 15.9. The monoisotopic (exact) mass is 389 g/mol. The number of carbonyl (C=O) groups is 2. The number of rotatable bonds is 5. The third-order valence-corrected chi connectivity index (χ3v) is 5.66. The van der Waals surface area contributed by atoms with Crippen LogP contribution >= 0.6 is 0 Å². The molecule has 1 atom stereocenters. The minimum absolute atomic E-state index is 0.126. The SMILES string of the molecule is O=C(OC(C(=O)NC1CC1)c1ccc(F)cc1)c1ccc2c3c(cccc13)CC2. The highest BCUT2D eigenvalue weighted by Gasteiger charge is 2.31. The molecule has 5 rings (SSSR count). The average molecular weight is 389 g/mol. The maximum Gasteiger partial charge on any atom is 0.339 e. The molecule has 0 bridgehead atoms. The van der Waals surface area contributed by atoms with Crippen LogP contribution in [0.1, 0.15) is 46.0 Å². The summed E-state index contributed by atoms with van der Waals surface area (Å²) in [6, 6.07) is 15.3. The number of carbonyl (C=O) groups excluding carboxylic acids is 2. The highest BCUT2D eigenvalue weighted by Crippen LogP contribution is 2.34. The second-order valence-electron chi connectivity index (χ2n) is 7.73. The molecule has 1 saturated carbocycles. The third kappa shape index (κ3) is 3.37. The van der Waals surface area contributed by atoms with E-state index in [0.29, 0.717) is 11.1 Å². The molecule has 1 unspecified atom stereocenters. The first-order chi connectivity index (χ1) is 14.1. The van der Waals surface area contributed by atoms with E-state index in [0.717, 1.165) is 36.5 Å². The second-order valence-corrected chi connectivity index (χ2v) is 7.73. The zero-order chi connectivity index (χ0) is 20.0. The molecule has 1 N–H and O–H groups in total. The van der Waals surface area contributed by atoms with Gasteiger partial charge in [0.1, 0.15) is 5.82 Å². The molecule has 4 nitrogen and oxygen atoms in total. The average Bonchev–Trinajstić information content (AvgIpc) is 3.45. The predicted molar refractivity (Wildman–Crippen MR) is 107 cm³/mol. The van der Waals surface area contributed by atoms with Crippen LogP contribution in [0.5, 0.6) is 0 Å². The zero-order valence-electron chi connectivity index (χ0n) is 15.8. The summed E-state index contributed by atoms with van der Waals surface area (Å²) >= 11 is 0. The molecule has 146 valence electrons. The maximum absolute atomic E-state index is 13.3. The van der Waals surface area contributed by atoms with E-state index < -0.39 is 17.9 Å². The lowest BCUT2D eigenvalue weighted by Gasteiger charge is -2.19. The van der Waals surface area contributed by atoms with Crippen LogP contribution in [0.2, 0.25) is 0 Å². The summed E-state index contributed by atoms with van der Waals surface area (Å²) in [6.07, 6.45) is 2.65. The topological polar surface area (TPSA) is 55.4 Å². The number of ether oxygens (including phenoxy) is 1. The second kappa shape index (κ2) is 6.99. The number of aryl methyl sites for hydroxylation is 2. The van der Waals surface area contributed by atoms with E-state index in [1.165, 1.54) is 35.4 Å². The molecule has 2 aliphatic rings. The first-order valence-corrected chi connectivity index (χ1v) is 9.90. The van der Waals surface area contributed by atoms with Crippen molar-refractivity contribution in [2.45, 2.75) is 37.8 Å². The minimum Gasteiger partial charge on any atom is -0.444 e. The smallest absolute Gasteiger partial charge is 0.339 e. The summed E-state index contributed by atoms with van der Waals surface area (Å²) in [5.41, 5.74) is 3.35. The molecular formula is C24H20FNO3. The van der Waals surface area contributed by atoms with Gasteiger partial charge in [-0.05, 0) is 65.8 Å². The number of hydrogen-bond donors (Lipinski definition) is 1. The van der Waals surface area contributed by atoms with Crippen molar-refractivity contribution in [2.75, 3.05) is 0 Å². The molecule has 0 saturated heterocycles. The number of nitrogens with one attached hydrogen (secondary N) is 1. The van der Waals surface area contributed by atoms with Crippen molar-refractivity contribution < 1.29 is 18.7 Å². The standard InChI is InChI=1S/C24H20FNO3/c25-17-9-6-16(7-10-17)22(23(27)26-18-11-12-18)29-24(28)20-13-8-15-5-4-14-2-1-3-19(20)21(14)15/h1-3,6-10,13,18,22H,4-5,11-12H2,(H,26,27). The molecule has 5 heteroatoms. The highest BCUT2D eigenvalue weighted by molar-refractivity contribution is 6.07. The van der Waals surface area contributed by atoms with Crippen molar-refractivity contribution >= 4 is 22.6 Å². The van der Waals surface area contributed by atoms with Crippen molar-refractivity contribution in [3.63, 3.8) is 0 Å². The number of amides is 1. The Morgan fingerprint density at radius 3 is 2.41 bits per heavy atom. The molecule has 1 amide bonds. The Hall–Kier alpha value is -3.21. The van der Waals surface area contributed by atoms with Crippen molar-refractivity contribution in [1.82, 2.24) is 5.32 Å². The molecule has 1 fully saturated rings. The van der Waals surface area contributed by atoms with E-state index in [-0.39, 0.29) is 11.9 Å². The lowest BCUT2D eigenvalue weighted by Crippen LogP contribution is -2.33. The lowest BCUT2D eigenvalue weighted by atomic mass is 10.00. The molecular weight excluding hydrogens is 369 g/mol. The van der Waals surface area contributed by atoms with E-state index >= 15 is 0 Å². The Morgan fingerprint density at radius 1 is 0.966 bits per heavy atom. The molecule has 29 heavy (non-hydrogen) atoms. The van der Waals surface area contributed by atoms with Gasteiger partial charge in [-0.3, -0.25) is 4.79 Å². The molecule has 0 aliphatic heterocycles. The molecule has 0 aromatic heterocycles. The largest absolute Gasteiger partial charge is 0.444 e. The Morgan fingerprint density at radius 2 is 1.69 bits per heavy atom. The summed E-state index contributed by atoms with van der Waals surface area (Å²) in [4.78, 5) is 25.8. The van der Waals surface area contributed by atoms with Gasteiger partial charge in [0.15, 0.2) is 0 Å². The van der Waals surface area contributed by atoms with Gasteiger partial charge in [-0.15, -0.1) is 0 Å². The van der Waals surface area contributed by atoms with Crippen LogP contribution in [0.15, 0.2) is 54.6 Å². The van der Waals surface area contributed by atoms with Crippen molar-refractivity contribution in [1.29, 1.82) is 0 Å². The van der Waals surface area contributed by atoms with E-state index in [4.69, 9.17) is 4.74 Å². The maximum atomic E-state index is 13.3. The molecule has 3 aromatic carbocycles. The summed E-state index contributed by atoms with van der Waals surface area (Å²) in [7, 11) is 0. The fraction of sp³-hybridized carbons (Fsp3) is 0.250. The fourth-order valence-electron chi connectivity index (χ4n) is 4.01. The predicted octanol–water partition coefficient (Wildman–Crippen LogP) is 4.25. The van der Waals surface area contributed by atoms with E-state index in [2.05, 4.69) is 11.4 Å². The van der Waals surface area contributed by atoms with Crippen molar-refractivity contribution in [2.24, 2.45) is 0 Å². The van der Waals surface area contributed by atoms with Gasteiger partial charge in [-0.2, -0.15) is 0 Å². The van der Waals surface area contributed by atoms with Crippen LogP contribution in [0.4, 0.5) is 4.39 Å². The highest BCUT2D eigenvalue weighted by atomic mass is 19.1. The number of hydrogen-bond acceptors (Lipinski definition) is 3. The van der Waals surface area contributed by atoms with Crippen LogP contribution in [-0.2, 0) is 22.4 Å². The van der Waals surface area contributed by atoms with E-state index in [1.54, 1.807) is 6.07 Å². The Labute approximate surface area is 167 Å². The number of esters is 1. The molecule has 3 aromatic rings. The molecule has 0 spiro atoms. The van der Waals surface area contributed by atoms with Gasteiger partial charge in [0.2, 0.25) is 6.10 Å². The van der Waals surface area contributed by atoms with Gasteiger partial charge < -0.3 is 10.1 Å². The summed E-state index contributed by atoms with van der Waals surface area (Å²) in [5, 5.41) is 4.84. The Kier molecular flexibility index (Phi) is 4.31. The van der Waals surface area contributed by atoms with Crippen LogP contribution in [0.3, 0.4) is 0 Å². The lowest BCUT2D eigenvalue weighted by molar-refractivity contribution is -0.130. The third-order valence-electron chi connectivity index (χ3n) is 5.66. The quantitative estimate of drug-likeness (QED) is 0.664. The van der Waals surface area contributed by atoms with E-state index in [9.17, 15) is 14.0 Å². The van der Waals surface area contributed by atoms with Crippen LogP contribution in [-0.4, -0.2) is 17.9 Å². The van der Waals surface area contributed by atoms with Crippen LogP contribution in [0.25, 0.3) is 10.8 Å². The fourth-order valence-corrected chi connectivity index (χ4v) is 4.01. The zero-order valence-corrected chi connectivity index (χ0v) is 15.8. The van der Waals surface area contributed by atoms with Gasteiger partial charge in [0, 0.05) is 11.6 Å². The van der Waals surface area contributed by atoms with Gasteiger partial charge in [-0.25, -0.2) is 9.18 Å². The summed E-state index contributed by atoms with van der Waals surface area (Å²) in [5.74, 6) is -1.34. The summed E-state index contributed by atoms with van der Waals surface area (Å²) < 4.78 is 19.0. The van der Waals surface area contributed by atoms with E-state index in [1.807, 2.05) is 18.2 Å². The molecule has 2 aliphatic carbocycles. The Bertz CT molecular complexity index is 1110. The van der Waals surface area contributed by atoms with Gasteiger partial charge in [0.05, 0.1) is 5.56 Å². The van der Waals surface area contributed by atoms with Crippen molar-refractivity contribution in [3.05, 3.63) is 82.7 Å². The van der Waals surface area contributed by atoms with Gasteiger partial charge in [-0.1, -0.05) is 36.4 Å². The van der Waals surface area contributed by atoms with Gasteiger partial charge >= 0.3 is 5.97 Å². The number of halogens is 1. The molecule has 0 radical (unpaired) electrons. The first kappa shape index (κ1) is 17.9. The minimum atomic E-state index is -1.12. The van der Waals surface area contributed by atoms with Gasteiger partial charge in [0.25, 0.3) is 5.91 Å². The Balaban J connectivity index is 1.49. The summed E-state index contributed by atoms with van der Waals surface area (Å²) in [6.45, 7) is 0. The van der Waals surface area contributed by atoms with Crippen molar-refractivity contribution in [3.8, 4) is 0 Å². The van der Waals surface area contributed by atoms with Crippen LogP contribution < -0.4 is 5.32 Å². The number of benzene rings is 3. The van der Waals surface area contributed by atoms with Crippen LogP contribution in [0, 0.1) is 5.82 Å². The molecule has 0 heterocycles.